The molecule has 1 aliphatic carbocycles. The maximum atomic E-state index is 13.4. The van der Waals surface area contributed by atoms with E-state index in [4.69, 9.17) is 22.1 Å². The molecule has 0 aliphatic heterocycles. The van der Waals surface area contributed by atoms with Crippen LogP contribution in [0.5, 0.6) is 11.5 Å². The highest BCUT2D eigenvalue weighted by Crippen LogP contribution is 2.35. The summed E-state index contributed by atoms with van der Waals surface area (Å²) in [5, 5.41) is 2.81. The Hall–Kier alpha value is -4.24. The van der Waals surface area contributed by atoms with Gasteiger partial charge in [-0.2, -0.15) is 0 Å². The predicted molar refractivity (Wildman–Crippen MR) is 130 cm³/mol. The van der Waals surface area contributed by atoms with E-state index in [9.17, 15) is 14.0 Å². The van der Waals surface area contributed by atoms with Gasteiger partial charge in [-0.3, -0.25) is 14.9 Å². The fraction of sp³-hybridized carbons (Fsp3) is 0.120. The van der Waals surface area contributed by atoms with Crippen LogP contribution < -0.4 is 21.2 Å². The van der Waals surface area contributed by atoms with Crippen molar-refractivity contribution in [2.24, 2.45) is 0 Å². The van der Waals surface area contributed by atoms with Gasteiger partial charge in [0.1, 0.15) is 22.2 Å². The van der Waals surface area contributed by atoms with Crippen molar-refractivity contribution in [1.29, 1.82) is 0 Å². The molecule has 176 valence electrons. The first kappa shape index (κ1) is 22.5. The van der Waals surface area contributed by atoms with E-state index in [2.05, 4.69) is 15.3 Å². The van der Waals surface area contributed by atoms with Crippen LogP contribution in [0.15, 0.2) is 72.0 Å². The number of ether oxygens (including phenoxy) is 1. The van der Waals surface area contributed by atoms with Crippen molar-refractivity contribution in [3.8, 4) is 22.6 Å². The van der Waals surface area contributed by atoms with Crippen LogP contribution in [-0.2, 0) is 0 Å². The van der Waals surface area contributed by atoms with Crippen molar-refractivity contribution in [3.05, 3.63) is 93.9 Å². The number of halogens is 2. The van der Waals surface area contributed by atoms with Gasteiger partial charge in [0.2, 0.25) is 11.4 Å². The fourth-order valence-electron chi connectivity index (χ4n) is 3.51. The maximum absolute atomic E-state index is 13.4. The summed E-state index contributed by atoms with van der Waals surface area (Å²) in [5.74, 6) is -0.450. The molecule has 0 bridgehead atoms. The van der Waals surface area contributed by atoms with Crippen LogP contribution in [0.1, 0.15) is 29.2 Å². The summed E-state index contributed by atoms with van der Waals surface area (Å²) in [5.41, 5.74) is 6.45. The number of rotatable bonds is 6. The average Bonchev–Trinajstić information content (AvgIpc) is 3.70. The van der Waals surface area contributed by atoms with Crippen molar-refractivity contribution < 1.29 is 13.9 Å². The van der Waals surface area contributed by atoms with Gasteiger partial charge < -0.3 is 15.0 Å². The number of amides is 1. The van der Waals surface area contributed by atoms with Crippen LogP contribution in [0.4, 0.5) is 16.0 Å². The molecule has 1 amide bonds. The fourth-order valence-corrected chi connectivity index (χ4v) is 3.68. The molecule has 1 saturated carbocycles. The third-order valence-corrected chi connectivity index (χ3v) is 5.89. The number of nitrogens with two attached hydrogens (primary N) is 1. The molecule has 35 heavy (non-hydrogen) atoms. The summed E-state index contributed by atoms with van der Waals surface area (Å²) in [6.07, 6.45) is 7.86. The Labute approximate surface area is 204 Å². The summed E-state index contributed by atoms with van der Waals surface area (Å²) in [6.45, 7) is 0. The van der Waals surface area contributed by atoms with Crippen molar-refractivity contribution in [2.75, 3.05) is 11.1 Å². The first-order valence-electron chi connectivity index (χ1n) is 10.8. The standard InChI is InChI=1S/C25H19ClFN5O3/c26-22-20(28)2-1-3-21(22)35-17-10-29-25(30-11-17)31-24(34)19-13-32(16-8-9-16)12-18(23(19)33)14-4-6-15(27)7-5-14/h1-7,10-13,16H,8-9,28H2,(H,29,30,31,34). The zero-order valence-corrected chi connectivity index (χ0v) is 19.0. The summed E-state index contributed by atoms with van der Waals surface area (Å²) in [4.78, 5) is 34.3. The molecule has 8 nitrogen and oxygen atoms in total. The highest BCUT2D eigenvalue weighted by Gasteiger charge is 2.26. The van der Waals surface area contributed by atoms with Gasteiger partial charge in [0, 0.05) is 24.0 Å². The van der Waals surface area contributed by atoms with Crippen LogP contribution in [-0.4, -0.2) is 20.4 Å². The molecule has 0 unspecified atom stereocenters. The van der Waals surface area contributed by atoms with E-state index in [1.54, 1.807) is 24.4 Å². The molecular weight excluding hydrogens is 473 g/mol. The van der Waals surface area contributed by atoms with E-state index in [0.29, 0.717) is 22.6 Å². The van der Waals surface area contributed by atoms with E-state index in [-0.39, 0.29) is 28.3 Å². The lowest BCUT2D eigenvalue weighted by atomic mass is 10.0. The first-order valence-corrected chi connectivity index (χ1v) is 11.1. The van der Waals surface area contributed by atoms with E-state index in [1.165, 1.54) is 42.9 Å². The Bertz CT molecular complexity index is 1470. The Morgan fingerprint density at radius 2 is 1.83 bits per heavy atom. The lowest BCUT2D eigenvalue weighted by molar-refractivity contribution is 0.102. The Balaban J connectivity index is 1.39. The first-order chi connectivity index (χ1) is 16.9. The molecule has 0 radical (unpaired) electrons. The molecule has 0 atom stereocenters. The lowest BCUT2D eigenvalue weighted by Gasteiger charge is -2.12. The van der Waals surface area contributed by atoms with E-state index >= 15 is 0 Å². The van der Waals surface area contributed by atoms with Gasteiger partial charge in [0.15, 0.2) is 5.75 Å². The zero-order valence-electron chi connectivity index (χ0n) is 18.2. The number of nitrogens with zero attached hydrogens (tertiary/aromatic N) is 3. The molecule has 1 fully saturated rings. The molecule has 2 aromatic heterocycles. The highest BCUT2D eigenvalue weighted by atomic mass is 35.5. The monoisotopic (exact) mass is 491 g/mol. The van der Waals surface area contributed by atoms with Crippen molar-refractivity contribution in [3.63, 3.8) is 0 Å². The number of hydrogen-bond acceptors (Lipinski definition) is 6. The van der Waals surface area contributed by atoms with Gasteiger partial charge in [-0.05, 0) is 42.7 Å². The molecule has 1 aliphatic rings. The van der Waals surface area contributed by atoms with Gasteiger partial charge in [-0.25, -0.2) is 14.4 Å². The quantitative estimate of drug-likeness (QED) is 0.365. The van der Waals surface area contributed by atoms with Gasteiger partial charge >= 0.3 is 0 Å². The number of carbonyl (C=O) groups excluding carboxylic acids is 1. The molecule has 2 aromatic carbocycles. The number of carbonyl (C=O) groups is 1. The van der Waals surface area contributed by atoms with Crippen LogP contribution in [0, 0.1) is 5.82 Å². The summed E-state index contributed by atoms with van der Waals surface area (Å²) < 4.78 is 20.9. The molecule has 5 rings (SSSR count). The van der Waals surface area contributed by atoms with Crippen molar-refractivity contribution in [2.45, 2.75) is 18.9 Å². The number of aromatic nitrogens is 3. The van der Waals surface area contributed by atoms with Crippen LogP contribution in [0.3, 0.4) is 0 Å². The number of nitrogens with one attached hydrogen (secondary N) is 1. The molecule has 2 heterocycles. The summed E-state index contributed by atoms with van der Waals surface area (Å²) in [6, 6.07) is 10.8. The number of benzene rings is 2. The second kappa shape index (κ2) is 9.19. The predicted octanol–water partition coefficient (Wildman–Crippen LogP) is 5.06. The molecule has 10 heteroatoms. The van der Waals surface area contributed by atoms with Gasteiger partial charge in [-0.15, -0.1) is 0 Å². The largest absolute Gasteiger partial charge is 0.452 e. The van der Waals surface area contributed by atoms with Gasteiger partial charge in [0.05, 0.1) is 18.1 Å². The minimum atomic E-state index is -0.652. The van der Waals surface area contributed by atoms with Crippen LogP contribution >= 0.6 is 11.6 Å². The second-order valence-electron chi connectivity index (χ2n) is 8.06. The third-order valence-electron chi connectivity index (χ3n) is 5.49. The molecule has 4 aromatic rings. The number of hydrogen-bond donors (Lipinski definition) is 2. The molecule has 0 saturated heterocycles. The van der Waals surface area contributed by atoms with E-state index in [1.807, 2.05) is 4.57 Å². The Kier molecular flexibility index (Phi) is 5.92. The number of anilines is 2. The number of nitrogen functional groups attached to an aromatic ring is 1. The smallest absolute Gasteiger partial charge is 0.263 e. The van der Waals surface area contributed by atoms with Crippen molar-refractivity contribution >= 4 is 29.1 Å². The normalized spacial score (nSPS) is 12.9. The zero-order chi connectivity index (χ0) is 24.5. The van der Waals surface area contributed by atoms with Crippen LogP contribution in [0.2, 0.25) is 5.02 Å². The molecule has 3 N–H and O–H groups in total. The lowest BCUT2D eigenvalue weighted by Crippen LogP contribution is -2.25. The van der Waals surface area contributed by atoms with Crippen molar-refractivity contribution in [1.82, 2.24) is 14.5 Å². The topological polar surface area (TPSA) is 112 Å². The highest BCUT2D eigenvalue weighted by molar-refractivity contribution is 6.34. The number of pyridine rings is 1. The minimum absolute atomic E-state index is 0.00872. The Morgan fingerprint density at radius 1 is 1.11 bits per heavy atom. The van der Waals surface area contributed by atoms with E-state index < -0.39 is 17.2 Å². The summed E-state index contributed by atoms with van der Waals surface area (Å²) >= 11 is 6.13. The Morgan fingerprint density at radius 3 is 2.51 bits per heavy atom. The van der Waals surface area contributed by atoms with Crippen LogP contribution in [0.25, 0.3) is 11.1 Å². The minimum Gasteiger partial charge on any atom is -0.452 e. The summed E-state index contributed by atoms with van der Waals surface area (Å²) in [7, 11) is 0. The van der Waals surface area contributed by atoms with Gasteiger partial charge in [-0.1, -0.05) is 29.8 Å². The van der Waals surface area contributed by atoms with Gasteiger partial charge in [0.25, 0.3) is 5.91 Å². The second-order valence-corrected chi connectivity index (χ2v) is 8.44. The molecular formula is C25H19ClFN5O3. The third kappa shape index (κ3) is 4.85. The maximum Gasteiger partial charge on any atom is 0.263 e. The van der Waals surface area contributed by atoms with E-state index in [0.717, 1.165) is 12.8 Å². The molecule has 0 spiro atoms. The SMILES string of the molecule is Nc1cccc(Oc2cnc(NC(=O)c3cn(C4CC4)cc(-c4ccc(F)cc4)c3=O)nc2)c1Cl. The average molecular weight is 492 g/mol.